The number of carbonyl (C=O) groups excluding carboxylic acids is 1. The summed E-state index contributed by atoms with van der Waals surface area (Å²) >= 11 is 0. The lowest BCUT2D eigenvalue weighted by Crippen LogP contribution is -2.45. The Morgan fingerprint density at radius 2 is 1.76 bits per heavy atom. The van der Waals surface area contributed by atoms with Crippen molar-refractivity contribution in [3.05, 3.63) is 0 Å². The molecular weight excluding hydrogens is 307 g/mol. The van der Waals surface area contributed by atoms with Gasteiger partial charge < -0.3 is 4.43 Å². The van der Waals surface area contributed by atoms with Crippen LogP contribution in [0.3, 0.4) is 0 Å². The van der Waals surface area contributed by atoms with E-state index in [4.69, 9.17) is 9.32 Å². The van der Waals surface area contributed by atoms with Crippen molar-refractivity contribution in [3.63, 3.8) is 0 Å². The number of ketones is 1. The lowest BCUT2D eigenvalue weighted by Gasteiger charge is -2.41. The Balaban J connectivity index is 2.42. The second kappa shape index (κ2) is 7.42. The van der Waals surface area contributed by atoms with E-state index in [9.17, 15) is 9.36 Å². The fourth-order valence-electron chi connectivity index (χ4n) is 2.33. The van der Waals surface area contributed by atoms with E-state index in [0.717, 1.165) is 25.7 Å². The summed E-state index contributed by atoms with van der Waals surface area (Å²) < 4.78 is 21.3. The van der Waals surface area contributed by atoms with Crippen LogP contribution in [0.15, 0.2) is 0 Å². The lowest BCUT2D eigenvalue weighted by molar-refractivity contribution is -0.126. The van der Waals surface area contributed by atoms with Gasteiger partial charge in [-0.3, -0.25) is 4.79 Å². The summed E-state index contributed by atoms with van der Waals surface area (Å²) in [6.45, 7) is 10.9. The lowest BCUT2D eigenvalue weighted by atomic mass is 9.85. The average Bonchev–Trinajstić information content (AvgIpc) is 2.35. The first-order valence-corrected chi connectivity index (χ1v) is 11.6. The molecule has 0 heterocycles. The normalized spacial score (nSPS) is 24.8. The van der Waals surface area contributed by atoms with Gasteiger partial charge >= 0.3 is 8.25 Å². The number of hydrogen-bond acceptors (Lipinski definition) is 4. The molecule has 1 saturated carbocycles. The average molecular weight is 335 g/mol. The summed E-state index contributed by atoms with van der Waals surface area (Å²) in [5, 5.41) is 0.194. The molecule has 1 N–H and O–H groups in total. The molecule has 0 aromatic heterocycles. The van der Waals surface area contributed by atoms with Crippen molar-refractivity contribution in [1.82, 2.24) is 0 Å². The van der Waals surface area contributed by atoms with E-state index in [1.54, 1.807) is 0 Å². The SMILES string of the molecule is CC(C)(C)[Si](C)(C)OC1CCC(C(=O)CO[P+](=O)O)CC1. The van der Waals surface area contributed by atoms with Crippen molar-refractivity contribution >= 4 is 22.4 Å². The molecule has 0 radical (unpaired) electrons. The van der Waals surface area contributed by atoms with E-state index < -0.39 is 16.6 Å². The second-order valence-corrected chi connectivity index (χ2v) is 12.8. The maximum atomic E-state index is 11.9. The molecule has 0 saturated heterocycles. The van der Waals surface area contributed by atoms with Gasteiger partial charge in [0, 0.05) is 16.6 Å². The molecule has 0 aromatic rings. The molecule has 0 aliphatic heterocycles. The molecule has 5 nitrogen and oxygen atoms in total. The summed E-state index contributed by atoms with van der Waals surface area (Å²) in [5.41, 5.74) is 0. The fraction of sp³-hybridized carbons (Fsp3) is 0.929. The van der Waals surface area contributed by atoms with Crippen LogP contribution in [0.4, 0.5) is 0 Å². The summed E-state index contributed by atoms with van der Waals surface area (Å²) in [6, 6.07) is 0. The zero-order valence-electron chi connectivity index (χ0n) is 13.7. The predicted molar refractivity (Wildman–Crippen MR) is 84.8 cm³/mol. The van der Waals surface area contributed by atoms with Gasteiger partial charge in [-0.15, -0.1) is 9.42 Å². The van der Waals surface area contributed by atoms with Crippen molar-refractivity contribution in [2.24, 2.45) is 5.92 Å². The molecule has 0 spiro atoms. The highest BCUT2D eigenvalue weighted by Gasteiger charge is 2.40. The molecule has 1 atom stereocenters. The minimum absolute atomic E-state index is 0.0563. The third-order valence-corrected chi connectivity index (χ3v) is 9.60. The minimum Gasteiger partial charge on any atom is -0.414 e. The highest BCUT2D eigenvalue weighted by molar-refractivity contribution is 7.32. The molecule has 21 heavy (non-hydrogen) atoms. The van der Waals surface area contributed by atoms with Gasteiger partial charge in [0.05, 0.1) is 0 Å². The molecule has 1 unspecified atom stereocenters. The number of Topliss-reactive ketones (excluding diaryl/α,β-unsaturated/α-hetero) is 1. The van der Waals surface area contributed by atoms with E-state index in [1.165, 1.54) is 0 Å². The van der Waals surface area contributed by atoms with E-state index in [2.05, 4.69) is 38.4 Å². The molecule has 122 valence electrons. The van der Waals surface area contributed by atoms with Gasteiger partial charge in [-0.1, -0.05) is 20.8 Å². The van der Waals surface area contributed by atoms with Crippen LogP contribution in [0.25, 0.3) is 0 Å². The number of rotatable bonds is 6. The van der Waals surface area contributed by atoms with Crippen LogP contribution in [0.1, 0.15) is 46.5 Å². The minimum atomic E-state index is -2.68. The Morgan fingerprint density at radius 1 is 1.24 bits per heavy atom. The quantitative estimate of drug-likeness (QED) is 0.590. The molecule has 1 rings (SSSR count). The monoisotopic (exact) mass is 335 g/mol. The van der Waals surface area contributed by atoms with Crippen LogP contribution in [0.5, 0.6) is 0 Å². The van der Waals surface area contributed by atoms with Crippen molar-refractivity contribution in [3.8, 4) is 0 Å². The molecule has 0 bridgehead atoms. The smallest absolute Gasteiger partial charge is 0.414 e. The van der Waals surface area contributed by atoms with Crippen LogP contribution >= 0.6 is 8.25 Å². The van der Waals surface area contributed by atoms with Crippen molar-refractivity contribution < 1.29 is 23.2 Å². The van der Waals surface area contributed by atoms with Crippen LogP contribution in [-0.2, 0) is 18.3 Å². The topological polar surface area (TPSA) is 72.8 Å². The first-order valence-electron chi connectivity index (χ1n) is 7.52. The third kappa shape index (κ3) is 5.87. The largest absolute Gasteiger partial charge is 0.695 e. The zero-order chi connectivity index (χ0) is 16.3. The van der Waals surface area contributed by atoms with Crippen LogP contribution < -0.4 is 0 Å². The van der Waals surface area contributed by atoms with Gasteiger partial charge in [-0.2, -0.15) is 0 Å². The molecule has 0 amide bonds. The molecular formula is C14H28O5PSi+. The maximum Gasteiger partial charge on any atom is 0.695 e. The molecule has 1 aliphatic carbocycles. The summed E-state index contributed by atoms with van der Waals surface area (Å²) in [6.07, 6.45) is 3.57. The Hall–Kier alpha value is -0.133. The number of carbonyl (C=O) groups is 1. The van der Waals surface area contributed by atoms with Crippen molar-refractivity contribution in [1.29, 1.82) is 0 Å². The van der Waals surface area contributed by atoms with E-state index in [1.807, 2.05) is 0 Å². The van der Waals surface area contributed by atoms with Crippen molar-refractivity contribution in [2.45, 2.75) is 70.7 Å². The van der Waals surface area contributed by atoms with Gasteiger partial charge in [-0.05, 0) is 43.8 Å². The molecule has 7 heteroatoms. The molecule has 1 aliphatic rings. The van der Waals surface area contributed by atoms with E-state index >= 15 is 0 Å². The molecule has 1 fully saturated rings. The van der Waals surface area contributed by atoms with E-state index in [0.29, 0.717) is 0 Å². The standard InChI is InChI=1S/C14H27O5PSi/c1-14(2,3)21(4,5)19-12-8-6-11(7-9-12)13(15)10-18-20(16)17/h11-12H,6-10H2,1-5H3/p+1. The van der Waals surface area contributed by atoms with E-state index in [-0.39, 0.29) is 29.5 Å². The number of hydrogen-bond donors (Lipinski definition) is 1. The maximum absolute atomic E-state index is 11.9. The highest BCUT2D eigenvalue weighted by atomic mass is 31.1. The Kier molecular flexibility index (Phi) is 6.69. The van der Waals surface area contributed by atoms with Gasteiger partial charge in [0.2, 0.25) is 0 Å². The summed E-state index contributed by atoms with van der Waals surface area (Å²) in [5.74, 6) is -0.127. The highest BCUT2D eigenvalue weighted by Crippen LogP contribution is 2.39. The van der Waals surface area contributed by atoms with Gasteiger partial charge in [0.25, 0.3) is 0 Å². The van der Waals surface area contributed by atoms with Crippen molar-refractivity contribution in [2.75, 3.05) is 6.61 Å². The third-order valence-electron chi connectivity index (χ3n) is 4.71. The second-order valence-electron chi connectivity index (χ2n) is 7.33. The Morgan fingerprint density at radius 3 is 2.19 bits per heavy atom. The fourth-order valence-corrected chi connectivity index (χ4v) is 3.99. The summed E-state index contributed by atoms with van der Waals surface area (Å²) in [4.78, 5) is 20.4. The van der Waals surface area contributed by atoms with Gasteiger partial charge in [-0.25, -0.2) is 0 Å². The zero-order valence-corrected chi connectivity index (χ0v) is 15.6. The molecule has 0 aromatic carbocycles. The summed E-state index contributed by atoms with van der Waals surface area (Å²) in [7, 11) is -4.44. The van der Waals surface area contributed by atoms with Crippen LogP contribution in [0.2, 0.25) is 18.1 Å². The predicted octanol–water partition coefficient (Wildman–Crippen LogP) is 3.80. The van der Waals surface area contributed by atoms with Gasteiger partial charge in [0.1, 0.15) is 0 Å². The van der Waals surface area contributed by atoms with Gasteiger partial charge in [0.15, 0.2) is 20.7 Å². The Bertz CT molecular complexity index is 383. The first kappa shape index (κ1) is 18.9. The van der Waals surface area contributed by atoms with Crippen LogP contribution in [0, 0.1) is 5.92 Å². The first-order chi connectivity index (χ1) is 9.53. The Labute approximate surface area is 129 Å². The van der Waals surface area contributed by atoms with Crippen LogP contribution in [-0.4, -0.2) is 31.7 Å².